The number of ether oxygens (including phenoxy) is 1. The van der Waals surface area contributed by atoms with E-state index in [2.05, 4.69) is 39.6 Å². The number of hydrogen-bond donors (Lipinski definition) is 2. The first-order chi connectivity index (χ1) is 10.3. The average Bonchev–Trinajstić information content (AvgIpc) is 3.05. The van der Waals surface area contributed by atoms with Gasteiger partial charge in [0, 0.05) is 19.0 Å². The van der Waals surface area contributed by atoms with E-state index in [9.17, 15) is 4.79 Å². The van der Waals surface area contributed by atoms with E-state index < -0.39 is 0 Å². The normalized spacial score (nSPS) is 22.0. The third-order valence-electron chi connectivity index (χ3n) is 4.01. The molecule has 110 valence electrons. The van der Waals surface area contributed by atoms with Crippen molar-refractivity contribution in [2.24, 2.45) is 0 Å². The highest BCUT2D eigenvalue weighted by Gasteiger charge is 2.26. The van der Waals surface area contributed by atoms with E-state index in [4.69, 9.17) is 4.74 Å². The van der Waals surface area contributed by atoms with Crippen LogP contribution in [-0.4, -0.2) is 36.1 Å². The number of hydrogen-bond acceptors (Lipinski definition) is 4. The van der Waals surface area contributed by atoms with Crippen molar-refractivity contribution >= 4 is 5.97 Å². The maximum Gasteiger partial charge on any atom is 0.356 e. The molecule has 2 aromatic rings. The van der Waals surface area contributed by atoms with Crippen LogP contribution in [0.5, 0.6) is 0 Å². The van der Waals surface area contributed by atoms with Crippen molar-refractivity contribution in [3.63, 3.8) is 0 Å². The van der Waals surface area contributed by atoms with Gasteiger partial charge in [0.25, 0.3) is 0 Å². The third kappa shape index (κ3) is 2.97. The van der Waals surface area contributed by atoms with Gasteiger partial charge in [0.1, 0.15) is 11.5 Å². The van der Waals surface area contributed by atoms with Crippen LogP contribution >= 0.6 is 0 Å². The lowest BCUT2D eigenvalue weighted by atomic mass is 9.85. The molecule has 1 saturated heterocycles. The van der Waals surface area contributed by atoms with Gasteiger partial charge in [-0.2, -0.15) is 0 Å². The molecule has 3 rings (SSSR count). The minimum absolute atomic E-state index is 0.280. The average molecular weight is 285 g/mol. The fraction of sp³-hybridized carbons (Fsp3) is 0.375. The number of piperidine rings is 1. The van der Waals surface area contributed by atoms with Gasteiger partial charge in [0.2, 0.25) is 0 Å². The van der Waals surface area contributed by atoms with E-state index in [0.29, 0.717) is 11.6 Å². The second-order valence-corrected chi connectivity index (χ2v) is 5.37. The predicted octanol–water partition coefficient (Wildman–Crippen LogP) is 2.06. The molecule has 2 atom stereocenters. The van der Waals surface area contributed by atoms with Crippen LogP contribution < -0.4 is 5.32 Å². The highest BCUT2D eigenvalue weighted by Crippen LogP contribution is 2.31. The van der Waals surface area contributed by atoms with Gasteiger partial charge in [-0.25, -0.2) is 9.78 Å². The van der Waals surface area contributed by atoms with Gasteiger partial charge in [-0.05, 0) is 17.9 Å². The van der Waals surface area contributed by atoms with E-state index in [1.54, 1.807) is 6.20 Å². The number of imidazole rings is 1. The Balaban J connectivity index is 1.74. The number of H-pyrrole nitrogens is 1. The maximum absolute atomic E-state index is 11.5. The number of carbonyl (C=O) groups excluding carboxylic acids is 1. The van der Waals surface area contributed by atoms with Crippen LogP contribution in [0.1, 0.15) is 40.1 Å². The lowest BCUT2D eigenvalue weighted by Gasteiger charge is -2.29. The van der Waals surface area contributed by atoms with Crippen LogP contribution in [0.25, 0.3) is 0 Å². The summed E-state index contributed by atoms with van der Waals surface area (Å²) >= 11 is 0. The fourth-order valence-corrected chi connectivity index (χ4v) is 2.89. The van der Waals surface area contributed by atoms with Crippen molar-refractivity contribution in [2.75, 3.05) is 20.2 Å². The Morgan fingerprint density at radius 1 is 1.24 bits per heavy atom. The summed E-state index contributed by atoms with van der Waals surface area (Å²) in [4.78, 5) is 18.9. The largest absolute Gasteiger partial charge is 0.464 e. The zero-order valence-electron chi connectivity index (χ0n) is 12.0. The van der Waals surface area contributed by atoms with E-state index in [-0.39, 0.29) is 11.9 Å². The molecule has 5 nitrogen and oxygen atoms in total. The molecule has 1 aromatic heterocycles. The van der Waals surface area contributed by atoms with Gasteiger partial charge in [0.05, 0.1) is 13.3 Å². The van der Waals surface area contributed by atoms with E-state index in [0.717, 1.165) is 25.3 Å². The molecule has 0 aliphatic carbocycles. The minimum atomic E-state index is -0.378. The van der Waals surface area contributed by atoms with Crippen molar-refractivity contribution in [2.45, 2.75) is 18.3 Å². The Morgan fingerprint density at radius 3 is 2.76 bits per heavy atom. The van der Waals surface area contributed by atoms with Crippen molar-refractivity contribution in [3.8, 4) is 0 Å². The number of methoxy groups -OCH3 is 1. The van der Waals surface area contributed by atoms with Gasteiger partial charge >= 0.3 is 5.97 Å². The second kappa shape index (κ2) is 6.10. The van der Waals surface area contributed by atoms with Gasteiger partial charge in [-0.3, -0.25) is 0 Å². The SMILES string of the molecule is COC(=O)c1cnc(C2CNCC(c3ccccc3)C2)[nH]1. The molecule has 2 N–H and O–H groups in total. The van der Waals surface area contributed by atoms with Gasteiger partial charge in [-0.15, -0.1) is 0 Å². The molecule has 0 saturated carbocycles. The molecule has 0 amide bonds. The first kappa shape index (κ1) is 13.8. The van der Waals surface area contributed by atoms with Crippen LogP contribution in [0.2, 0.25) is 0 Å². The highest BCUT2D eigenvalue weighted by atomic mass is 16.5. The van der Waals surface area contributed by atoms with Gasteiger partial charge in [0.15, 0.2) is 0 Å². The Labute approximate surface area is 123 Å². The quantitative estimate of drug-likeness (QED) is 0.847. The molecule has 0 radical (unpaired) electrons. The Hall–Kier alpha value is -2.14. The number of aromatic amines is 1. The van der Waals surface area contributed by atoms with Crippen molar-refractivity contribution in [1.29, 1.82) is 0 Å². The fourth-order valence-electron chi connectivity index (χ4n) is 2.89. The number of nitrogens with zero attached hydrogens (tertiary/aromatic N) is 1. The molecule has 0 spiro atoms. The Kier molecular flexibility index (Phi) is 4.01. The van der Waals surface area contributed by atoms with E-state index in [1.165, 1.54) is 12.7 Å². The molecular weight excluding hydrogens is 266 g/mol. The first-order valence-corrected chi connectivity index (χ1v) is 7.17. The van der Waals surface area contributed by atoms with Crippen molar-refractivity contribution < 1.29 is 9.53 Å². The van der Waals surface area contributed by atoms with Crippen LogP contribution in [0.4, 0.5) is 0 Å². The smallest absolute Gasteiger partial charge is 0.356 e. The summed E-state index contributed by atoms with van der Waals surface area (Å²) < 4.78 is 4.70. The molecule has 2 unspecified atom stereocenters. The molecule has 0 bridgehead atoms. The van der Waals surface area contributed by atoms with Crippen LogP contribution in [0.3, 0.4) is 0 Å². The third-order valence-corrected chi connectivity index (χ3v) is 4.01. The molecule has 2 heterocycles. The first-order valence-electron chi connectivity index (χ1n) is 7.17. The Morgan fingerprint density at radius 2 is 2.00 bits per heavy atom. The zero-order chi connectivity index (χ0) is 14.7. The molecule has 1 fully saturated rings. The molecule has 1 aliphatic heterocycles. The second-order valence-electron chi connectivity index (χ2n) is 5.37. The number of benzene rings is 1. The summed E-state index contributed by atoms with van der Waals surface area (Å²) in [6.45, 7) is 1.85. The summed E-state index contributed by atoms with van der Waals surface area (Å²) in [6.07, 6.45) is 2.57. The zero-order valence-corrected chi connectivity index (χ0v) is 12.0. The summed E-state index contributed by atoms with van der Waals surface area (Å²) in [5, 5.41) is 3.46. The molecule has 5 heteroatoms. The van der Waals surface area contributed by atoms with Crippen LogP contribution in [0.15, 0.2) is 36.5 Å². The summed E-state index contributed by atoms with van der Waals surface area (Å²) in [5.41, 5.74) is 1.75. The number of rotatable bonds is 3. The molecule has 21 heavy (non-hydrogen) atoms. The summed E-state index contributed by atoms with van der Waals surface area (Å²) in [5.74, 6) is 1.22. The summed E-state index contributed by atoms with van der Waals surface area (Å²) in [6, 6.07) is 10.5. The summed E-state index contributed by atoms with van der Waals surface area (Å²) in [7, 11) is 1.37. The topological polar surface area (TPSA) is 67.0 Å². The molecule has 1 aromatic carbocycles. The van der Waals surface area contributed by atoms with Gasteiger partial charge < -0.3 is 15.0 Å². The lowest BCUT2D eigenvalue weighted by Crippen LogP contribution is -2.34. The molecule has 1 aliphatic rings. The number of esters is 1. The molecular formula is C16H19N3O2. The van der Waals surface area contributed by atoms with Crippen LogP contribution in [-0.2, 0) is 4.74 Å². The number of nitrogens with one attached hydrogen (secondary N) is 2. The number of carbonyl (C=O) groups is 1. The van der Waals surface area contributed by atoms with Crippen molar-refractivity contribution in [1.82, 2.24) is 15.3 Å². The van der Waals surface area contributed by atoms with Crippen molar-refractivity contribution in [3.05, 3.63) is 53.6 Å². The van der Waals surface area contributed by atoms with Gasteiger partial charge in [-0.1, -0.05) is 30.3 Å². The lowest BCUT2D eigenvalue weighted by molar-refractivity contribution is 0.0594. The van der Waals surface area contributed by atoms with E-state index in [1.807, 2.05) is 6.07 Å². The maximum atomic E-state index is 11.5. The minimum Gasteiger partial charge on any atom is -0.464 e. The number of aromatic nitrogens is 2. The monoisotopic (exact) mass is 285 g/mol. The Bertz CT molecular complexity index is 609. The standard InChI is InChI=1S/C16H19N3O2/c1-21-16(20)14-10-18-15(19-14)13-7-12(8-17-9-13)11-5-3-2-4-6-11/h2-6,10,12-13,17H,7-9H2,1H3,(H,18,19). The van der Waals surface area contributed by atoms with E-state index >= 15 is 0 Å². The predicted molar refractivity (Wildman–Crippen MR) is 79.3 cm³/mol. The highest BCUT2D eigenvalue weighted by molar-refractivity contribution is 5.86. The van der Waals surface area contributed by atoms with Crippen LogP contribution in [0, 0.1) is 0 Å².